The number of ether oxygens (including phenoxy) is 1. The zero-order valence-electron chi connectivity index (χ0n) is 11.2. The van der Waals surface area contributed by atoms with Crippen LogP contribution in [0.2, 0.25) is 0 Å². The lowest BCUT2D eigenvalue weighted by Gasteiger charge is -2.25. The maximum absolute atomic E-state index is 11.7. The van der Waals surface area contributed by atoms with Crippen molar-refractivity contribution in [3.63, 3.8) is 0 Å². The topological polar surface area (TPSA) is 75.6 Å². The van der Waals surface area contributed by atoms with Crippen LogP contribution in [0, 0.1) is 5.41 Å². The van der Waals surface area contributed by atoms with E-state index in [1.165, 1.54) is 0 Å². The number of rotatable bonds is 7. The largest absolute Gasteiger partial charge is 0.481 e. The highest BCUT2D eigenvalue weighted by atomic mass is 16.5. The Morgan fingerprint density at radius 1 is 1.39 bits per heavy atom. The molecule has 1 heterocycles. The van der Waals surface area contributed by atoms with Gasteiger partial charge in [0.2, 0.25) is 5.91 Å². The lowest BCUT2D eigenvalue weighted by molar-refractivity contribution is -0.149. The van der Waals surface area contributed by atoms with Gasteiger partial charge in [-0.2, -0.15) is 0 Å². The zero-order valence-corrected chi connectivity index (χ0v) is 11.2. The number of carbonyl (C=O) groups is 2. The molecule has 2 N–H and O–H groups in total. The first-order valence-corrected chi connectivity index (χ1v) is 6.61. The van der Waals surface area contributed by atoms with Crippen molar-refractivity contribution in [2.24, 2.45) is 5.41 Å². The molecular weight excluding hydrogens is 234 g/mol. The summed E-state index contributed by atoms with van der Waals surface area (Å²) in [4.78, 5) is 22.9. The standard InChI is InChI=1S/C13H23NO4/c1-3-4-5-6-7-11(15)14-10-8-18-9-13(10,2)12(16)17/h10H,3-9H2,1-2H3,(H,14,15)(H,16,17). The Bertz CT molecular complexity index is 305. The number of nitrogens with one attached hydrogen (secondary N) is 1. The SMILES string of the molecule is CCCCCCC(=O)NC1COCC1(C)C(=O)O. The molecule has 5 nitrogen and oxygen atoms in total. The van der Waals surface area contributed by atoms with Crippen molar-refractivity contribution < 1.29 is 19.4 Å². The van der Waals surface area contributed by atoms with Crippen LogP contribution in [0.3, 0.4) is 0 Å². The summed E-state index contributed by atoms with van der Waals surface area (Å²) in [7, 11) is 0. The fourth-order valence-corrected chi connectivity index (χ4v) is 2.06. The van der Waals surface area contributed by atoms with Crippen molar-refractivity contribution in [3.8, 4) is 0 Å². The van der Waals surface area contributed by atoms with Crippen LogP contribution in [0.5, 0.6) is 0 Å². The monoisotopic (exact) mass is 257 g/mol. The lowest BCUT2D eigenvalue weighted by atomic mass is 9.85. The summed E-state index contributed by atoms with van der Waals surface area (Å²) in [6, 6.07) is -0.423. The van der Waals surface area contributed by atoms with Gasteiger partial charge in [-0.15, -0.1) is 0 Å². The van der Waals surface area contributed by atoms with Crippen molar-refractivity contribution in [2.75, 3.05) is 13.2 Å². The Morgan fingerprint density at radius 3 is 2.72 bits per heavy atom. The van der Waals surface area contributed by atoms with Gasteiger partial charge in [-0.05, 0) is 13.3 Å². The molecule has 0 aliphatic carbocycles. The van der Waals surface area contributed by atoms with Crippen molar-refractivity contribution in [3.05, 3.63) is 0 Å². The molecule has 18 heavy (non-hydrogen) atoms. The average molecular weight is 257 g/mol. The van der Waals surface area contributed by atoms with Gasteiger partial charge >= 0.3 is 5.97 Å². The third-order valence-corrected chi connectivity index (χ3v) is 3.54. The van der Waals surface area contributed by atoms with E-state index in [0.717, 1.165) is 25.7 Å². The number of carboxylic acids is 1. The Labute approximate surface area is 108 Å². The number of carboxylic acid groups (broad SMARTS) is 1. The molecular formula is C13H23NO4. The second-order valence-corrected chi connectivity index (χ2v) is 5.17. The molecule has 1 rings (SSSR count). The van der Waals surface area contributed by atoms with Gasteiger partial charge < -0.3 is 15.2 Å². The quantitative estimate of drug-likeness (QED) is 0.679. The molecule has 0 radical (unpaired) electrons. The van der Waals surface area contributed by atoms with E-state index in [0.29, 0.717) is 6.42 Å². The van der Waals surface area contributed by atoms with Crippen molar-refractivity contribution >= 4 is 11.9 Å². The van der Waals surface area contributed by atoms with Crippen LogP contribution in [0.15, 0.2) is 0 Å². The second kappa shape index (κ2) is 6.73. The minimum absolute atomic E-state index is 0.0749. The molecule has 1 saturated heterocycles. The van der Waals surface area contributed by atoms with Gasteiger partial charge in [0.1, 0.15) is 5.41 Å². The molecule has 1 aliphatic heterocycles. The normalized spacial score (nSPS) is 27.1. The molecule has 0 bridgehead atoms. The summed E-state index contributed by atoms with van der Waals surface area (Å²) >= 11 is 0. The molecule has 0 spiro atoms. The van der Waals surface area contributed by atoms with Gasteiger partial charge in [-0.25, -0.2) is 0 Å². The van der Waals surface area contributed by atoms with Gasteiger partial charge in [0.15, 0.2) is 0 Å². The fraction of sp³-hybridized carbons (Fsp3) is 0.846. The van der Waals surface area contributed by atoms with E-state index in [9.17, 15) is 14.7 Å². The van der Waals surface area contributed by atoms with Gasteiger partial charge in [0.05, 0.1) is 19.3 Å². The molecule has 2 unspecified atom stereocenters. The van der Waals surface area contributed by atoms with E-state index < -0.39 is 17.4 Å². The first-order valence-electron chi connectivity index (χ1n) is 6.61. The summed E-state index contributed by atoms with van der Waals surface area (Å²) in [6.45, 7) is 4.17. The van der Waals surface area contributed by atoms with Gasteiger partial charge in [-0.3, -0.25) is 9.59 Å². The number of amides is 1. The molecule has 0 aromatic carbocycles. The number of hydrogen-bond donors (Lipinski definition) is 2. The summed E-state index contributed by atoms with van der Waals surface area (Å²) < 4.78 is 5.18. The number of aliphatic carboxylic acids is 1. The van der Waals surface area contributed by atoms with E-state index in [1.807, 2.05) is 0 Å². The van der Waals surface area contributed by atoms with Crippen LogP contribution < -0.4 is 5.32 Å². The van der Waals surface area contributed by atoms with Gasteiger partial charge in [-0.1, -0.05) is 26.2 Å². The zero-order chi connectivity index (χ0) is 13.6. The molecule has 0 saturated carbocycles. The van der Waals surface area contributed by atoms with Crippen LogP contribution in [-0.2, 0) is 14.3 Å². The minimum atomic E-state index is -1.00. The van der Waals surface area contributed by atoms with Crippen LogP contribution in [0.4, 0.5) is 0 Å². The van der Waals surface area contributed by atoms with Gasteiger partial charge in [0, 0.05) is 6.42 Å². The number of unbranched alkanes of at least 4 members (excludes halogenated alkanes) is 3. The third-order valence-electron chi connectivity index (χ3n) is 3.54. The maximum Gasteiger partial charge on any atom is 0.313 e. The Hall–Kier alpha value is -1.10. The van der Waals surface area contributed by atoms with Crippen molar-refractivity contribution in [1.82, 2.24) is 5.32 Å². The molecule has 1 amide bonds. The molecule has 2 atom stereocenters. The predicted molar refractivity (Wildman–Crippen MR) is 67.3 cm³/mol. The highest BCUT2D eigenvalue weighted by Crippen LogP contribution is 2.28. The molecule has 0 aromatic heterocycles. The smallest absolute Gasteiger partial charge is 0.313 e. The highest BCUT2D eigenvalue weighted by molar-refractivity contribution is 5.80. The summed E-state index contributed by atoms with van der Waals surface area (Å²) in [5, 5.41) is 12.0. The summed E-state index contributed by atoms with van der Waals surface area (Å²) in [5.41, 5.74) is -1.00. The Balaban J connectivity index is 2.37. The third kappa shape index (κ3) is 3.70. The first kappa shape index (κ1) is 15.0. The Kier molecular flexibility index (Phi) is 5.59. The first-order chi connectivity index (χ1) is 8.50. The van der Waals surface area contributed by atoms with E-state index in [2.05, 4.69) is 12.2 Å². The van der Waals surface area contributed by atoms with Crippen LogP contribution in [-0.4, -0.2) is 36.2 Å². The number of carbonyl (C=O) groups excluding carboxylic acids is 1. The van der Waals surface area contributed by atoms with E-state index in [4.69, 9.17) is 4.74 Å². The van der Waals surface area contributed by atoms with E-state index in [-0.39, 0.29) is 19.1 Å². The molecule has 104 valence electrons. The second-order valence-electron chi connectivity index (χ2n) is 5.17. The molecule has 5 heteroatoms. The summed E-state index contributed by atoms with van der Waals surface area (Å²) in [5.74, 6) is -0.995. The van der Waals surface area contributed by atoms with E-state index >= 15 is 0 Å². The van der Waals surface area contributed by atoms with Crippen LogP contribution in [0.25, 0.3) is 0 Å². The minimum Gasteiger partial charge on any atom is -0.481 e. The maximum atomic E-state index is 11.7. The van der Waals surface area contributed by atoms with Crippen molar-refractivity contribution in [1.29, 1.82) is 0 Å². The molecule has 1 fully saturated rings. The van der Waals surface area contributed by atoms with Gasteiger partial charge in [0.25, 0.3) is 0 Å². The highest BCUT2D eigenvalue weighted by Gasteiger charge is 2.47. The average Bonchev–Trinajstić information content (AvgIpc) is 2.68. The number of hydrogen-bond acceptors (Lipinski definition) is 3. The van der Waals surface area contributed by atoms with Crippen molar-refractivity contribution in [2.45, 2.75) is 52.0 Å². The van der Waals surface area contributed by atoms with E-state index in [1.54, 1.807) is 6.92 Å². The van der Waals surface area contributed by atoms with Crippen LogP contribution >= 0.6 is 0 Å². The summed E-state index contributed by atoms with van der Waals surface area (Å²) in [6.07, 6.45) is 4.63. The fourth-order valence-electron chi connectivity index (χ4n) is 2.06. The van der Waals surface area contributed by atoms with Crippen LogP contribution in [0.1, 0.15) is 46.0 Å². The molecule has 1 aliphatic rings. The Morgan fingerprint density at radius 2 is 2.11 bits per heavy atom. The molecule has 0 aromatic rings. The predicted octanol–water partition coefficient (Wildman–Crippen LogP) is 1.56. The lowest BCUT2D eigenvalue weighted by Crippen LogP contribution is -2.49.